The predicted octanol–water partition coefficient (Wildman–Crippen LogP) is 1.70. The summed E-state index contributed by atoms with van der Waals surface area (Å²) in [4.78, 5) is 4.21. The maximum absolute atomic E-state index is 11.6. The van der Waals surface area contributed by atoms with E-state index in [1.54, 1.807) is 14.0 Å². The van der Waals surface area contributed by atoms with Crippen LogP contribution >= 0.6 is 0 Å². The summed E-state index contributed by atoms with van der Waals surface area (Å²) in [6.07, 6.45) is 0.630. The van der Waals surface area contributed by atoms with Crippen molar-refractivity contribution in [2.45, 2.75) is 27.2 Å². The van der Waals surface area contributed by atoms with Gasteiger partial charge in [0.05, 0.1) is 5.75 Å². The molecule has 1 aromatic carbocycles. The number of anilines is 1. The van der Waals surface area contributed by atoms with Gasteiger partial charge >= 0.3 is 0 Å². The Morgan fingerprint density at radius 1 is 1.32 bits per heavy atom. The van der Waals surface area contributed by atoms with Crippen LogP contribution in [0.2, 0.25) is 0 Å². The molecule has 0 saturated carbocycles. The van der Waals surface area contributed by atoms with E-state index in [-0.39, 0.29) is 5.75 Å². The van der Waals surface area contributed by atoms with E-state index in [0.717, 1.165) is 5.69 Å². The molecule has 0 bridgehead atoms. The molecule has 0 radical (unpaired) electrons. The van der Waals surface area contributed by atoms with Crippen LogP contribution in [-0.4, -0.2) is 44.6 Å². The molecule has 0 unspecified atom stereocenters. The van der Waals surface area contributed by atoms with Gasteiger partial charge in [0.1, 0.15) is 0 Å². The summed E-state index contributed by atoms with van der Waals surface area (Å²) in [6.45, 7) is 6.65. The van der Waals surface area contributed by atoms with Crippen LogP contribution in [0.25, 0.3) is 0 Å². The first-order valence-electron chi connectivity index (χ1n) is 7.34. The van der Waals surface area contributed by atoms with Gasteiger partial charge in [-0.1, -0.05) is 6.07 Å². The van der Waals surface area contributed by atoms with E-state index in [0.29, 0.717) is 25.5 Å². The van der Waals surface area contributed by atoms with Crippen molar-refractivity contribution in [1.29, 1.82) is 0 Å². The Morgan fingerprint density at radius 3 is 2.59 bits per heavy atom. The van der Waals surface area contributed by atoms with Crippen LogP contribution in [0.15, 0.2) is 23.2 Å². The van der Waals surface area contributed by atoms with Crippen molar-refractivity contribution in [3.63, 3.8) is 0 Å². The molecule has 0 atom stereocenters. The topological polar surface area (TPSA) is 87.8 Å². The monoisotopic (exact) mass is 326 g/mol. The van der Waals surface area contributed by atoms with Gasteiger partial charge in [0, 0.05) is 25.8 Å². The van der Waals surface area contributed by atoms with Crippen LogP contribution < -0.4 is 11.1 Å². The van der Waals surface area contributed by atoms with Gasteiger partial charge in [0.2, 0.25) is 10.0 Å². The van der Waals surface area contributed by atoms with Gasteiger partial charge in [-0.05, 0) is 50.5 Å². The molecule has 3 N–H and O–H groups in total. The quantitative estimate of drug-likeness (QED) is 0.453. The van der Waals surface area contributed by atoms with E-state index in [9.17, 15) is 8.42 Å². The van der Waals surface area contributed by atoms with Crippen molar-refractivity contribution in [1.82, 2.24) is 4.31 Å². The molecule has 1 rings (SSSR count). The van der Waals surface area contributed by atoms with Gasteiger partial charge in [0.25, 0.3) is 0 Å². The molecule has 0 aromatic heterocycles. The summed E-state index contributed by atoms with van der Waals surface area (Å²) in [7, 11) is -1.54. The first-order chi connectivity index (χ1) is 10.3. The minimum atomic E-state index is -3.12. The molecule has 6 nitrogen and oxygen atoms in total. The molecule has 0 saturated heterocycles. The summed E-state index contributed by atoms with van der Waals surface area (Å²) in [5.41, 5.74) is 9.14. The molecule has 0 fully saturated rings. The van der Waals surface area contributed by atoms with Crippen LogP contribution in [0.1, 0.15) is 24.5 Å². The fourth-order valence-electron chi connectivity index (χ4n) is 1.86. The second kappa shape index (κ2) is 8.14. The number of nitrogens with two attached hydrogens (primary N) is 1. The van der Waals surface area contributed by atoms with Crippen molar-refractivity contribution < 1.29 is 8.42 Å². The van der Waals surface area contributed by atoms with E-state index < -0.39 is 10.0 Å². The molecule has 0 amide bonds. The number of hydrogen-bond donors (Lipinski definition) is 2. The lowest BCUT2D eigenvalue weighted by atomic mass is 10.1. The van der Waals surface area contributed by atoms with Crippen molar-refractivity contribution in [2.24, 2.45) is 10.7 Å². The number of nitrogens with one attached hydrogen (secondary N) is 1. The highest BCUT2D eigenvalue weighted by molar-refractivity contribution is 7.89. The van der Waals surface area contributed by atoms with Crippen molar-refractivity contribution in [3.05, 3.63) is 29.3 Å². The van der Waals surface area contributed by atoms with Crippen LogP contribution in [0, 0.1) is 13.8 Å². The summed E-state index contributed by atoms with van der Waals surface area (Å²) in [5.74, 6) is 0.452. The minimum absolute atomic E-state index is 0.114. The number of nitrogens with zero attached hydrogens (tertiary/aromatic N) is 2. The fourth-order valence-corrected chi connectivity index (χ4v) is 2.71. The maximum Gasteiger partial charge on any atom is 0.213 e. The number of hydrogen-bond acceptors (Lipinski definition) is 3. The highest BCUT2D eigenvalue weighted by Crippen LogP contribution is 2.13. The molecule has 124 valence electrons. The lowest BCUT2D eigenvalue weighted by Gasteiger charge is -2.15. The third kappa shape index (κ3) is 5.65. The zero-order valence-corrected chi connectivity index (χ0v) is 14.6. The first kappa shape index (κ1) is 18.4. The van der Waals surface area contributed by atoms with Gasteiger partial charge in [0.15, 0.2) is 5.96 Å². The average Bonchev–Trinajstić information content (AvgIpc) is 2.47. The van der Waals surface area contributed by atoms with Crippen molar-refractivity contribution in [3.8, 4) is 0 Å². The predicted molar refractivity (Wildman–Crippen MR) is 92.7 cm³/mol. The second-order valence-corrected chi connectivity index (χ2v) is 7.63. The number of sulfonamides is 1. The molecule has 0 spiro atoms. The van der Waals surface area contributed by atoms with Gasteiger partial charge in [-0.15, -0.1) is 0 Å². The van der Waals surface area contributed by atoms with Crippen LogP contribution in [-0.2, 0) is 10.0 Å². The Hall–Kier alpha value is -1.60. The van der Waals surface area contributed by atoms with Crippen molar-refractivity contribution >= 4 is 21.7 Å². The Morgan fingerprint density at radius 2 is 2.00 bits per heavy atom. The van der Waals surface area contributed by atoms with Gasteiger partial charge in [-0.2, -0.15) is 0 Å². The number of aliphatic imine (C=N–C) groups is 1. The molecule has 22 heavy (non-hydrogen) atoms. The van der Waals surface area contributed by atoms with E-state index in [2.05, 4.69) is 17.2 Å². The summed E-state index contributed by atoms with van der Waals surface area (Å²) >= 11 is 0. The zero-order chi connectivity index (χ0) is 16.8. The molecule has 0 aliphatic rings. The zero-order valence-electron chi connectivity index (χ0n) is 13.8. The summed E-state index contributed by atoms with van der Waals surface area (Å²) < 4.78 is 24.5. The number of aryl methyl sites for hydroxylation is 2. The highest BCUT2D eigenvalue weighted by atomic mass is 32.2. The number of rotatable bonds is 7. The number of benzene rings is 1. The normalized spacial score (nSPS) is 12.7. The number of guanidine groups is 1. The smallest absolute Gasteiger partial charge is 0.213 e. The lowest BCUT2D eigenvalue weighted by molar-refractivity contribution is 0.465. The third-order valence-corrected chi connectivity index (χ3v) is 5.39. The molecule has 0 heterocycles. The molecule has 1 aromatic rings. The Balaban J connectivity index is 2.45. The Kier molecular flexibility index (Phi) is 6.83. The second-order valence-electron chi connectivity index (χ2n) is 5.27. The molecule has 7 heteroatoms. The van der Waals surface area contributed by atoms with E-state index in [1.807, 2.05) is 25.1 Å². The first-order valence-corrected chi connectivity index (χ1v) is 8.95. The maximum atomic E-state index is 11.6. The highest BCUT2D eigenvalue weighted by Gasteiger charge is 2.13. The average molecular weight is 326 g/mol. The Bertz CT molecular complexity index is 626. The standard InChI is InChI=1S/C15H26N4O2S/c1-5-22(20,21)19(4)10-6-9-17-15(16)18-14-8-7-12(2)13(3)11-14/h7-8,11H,5-6,9-10H2,1-4H3,(H3,16,17,18). The molecule has 0 aliphatic carbocycles. The van der Waals surface area contributed by atoms with Gasteiger partial charge in [-0.3, -0.25) is 4.99 Å². The lowest BCUT2D eigenvalue weighted by Crippen LogP contribution is -2.30. The van der Waals surface area contributed by atoms with Gasteiger partial charge in [-0.25, -0.2) is 12.7 Å². The Labute approximate surface area is 133 Å². The molecular weight excluding hydrogens is 300 g/mol. The van der Waals surface area contributed by atoms with Crippen molar-refractivity contribution in [2.75, 3.05) is 31.2 Å². The SMILES string of the molecule is CCS(=O)(=O)N(C)CCCN=C(N)Nc1ccc(C)c(C)c1. The van der Waals surface area contributed by atoms with Gasteiger partial charge < -0.3 is 11.1 Å². The van der Waals surface area contributed by atoms with E-state index in [1.165, 1.54) is 15.4 Å². The van der Waals surface area contributed by atoms with Crippen LogP contribution in [0.3, 0.4) is 0 Å². The minimum Gasteiger partial charge on any atom is -0.370 e. The summed E-state index contributed by atoms with van der Waals surface area (Å²) in [5, 5.41) is 3.04. The van der Waals surface area contributed by atoms with E-state index in [4.69, 9.17) is 5.73 Å². The fraction of sp³-hybridized carbons (Fsp3) is 0.533. The summed E-state index contributed by atoms with van der Waals surface area (Å²) in [6, 6.07) is 5.99. The third-order valence-electron chi connectivity index (χ3n) is 3.53. The molecular formula is C15H26N4O2S. The largest absolute Gasteiger partial charge is 0.370 e. The molecule has 0 aliphatic heterocycles. The van der Waals surface area contributed by atoms with E-state index >= 15 is 0 Å². The van der Waals surface area contributed by atoms with Crippen LogP contribution in [0.4, 0.5) is 5.69 Å². The van der Waals surface area contributed by atoms with Crippen LogP contribution in [0.5, 0.6) is 0 Å².